The molecule has 0 radical (unpaired) electrons. The fraction of sp³-hybridized carbons (Fsp3) is 0.333. The van der Waals surface area contributed by atoms with Gasteiger partial charge in [-0.1, -0.05) is 28.8 Å². The summed E-state index contributed by atoms with van der Waals surface area (Å²) in [6.45, 7) is 0. The number of rotatable bonds is 2. The Bertz CT molecular complexity index is 616. The number of hydrogen-bond acceptors (Lipinski definition) is 2. The van der Waals surface area contributed by atoms with Crippen molar-refractivity contribution < 1.29 is 0 Å². The molecule has 0 amide bonds. The van der Waals surface area contributed by atoms with Gasteiger partial charge >= 0.3 is 0 Å². The van der Waals surface area contributed by atoms with Gasteiger partial charge in [-0.2, -0.15) is 10.4 Å². The third-order valence-electron chi connectivity index (χ3n) is 3.69. The van der Waals surface area contributed by atoms with E-state index in [1.807, 2.05) is 30.3 Å². The molecule has 0 saturated heterocycles. The van der Waals surface area contributed by atoms with E-state index in [1.165, 1.54) is 25.7 Å². The SMILES string of the molecule is N#Cc1cc(C2CCCC2)nn1-c1ccc(Br)cc1. The molecule has 96 valence electrons. The maximum absolute atomic E-state index is 9.27. The van der Waals surface area contributed by atoms with Crippen LogP contribution < -0.4 is 0 Å². The average Bonchev–Trinajstić information content (AvgIpc) is 3.08. The number of hydrogen-bond donors (Lipinski definition) is 0. The number of benzene rings is 1. The van der Waals surface area contributed by atoms with Crippen LogP contribution in [0.2, 0.25) is 0 Å². The van der Waals surface area contributed by atoms with Crippen molar-refractivity contribution >= 4 is 15.9 Å². The Kier molecular flexibility index (Phi) is 3.39. The van der Waals surface area contributed by atoms with Crippen molar-refractivity contribution in [3.8, 4) is 11.8 Å². The standard InChI is InChI=1S/C15H14BrN3/c16-12-5-7-13(8-6-12)19-14(10-17)9-15(18-19)11-3-1-2-4-11/h5-9,11H,1-4H2. The highest BCUT2D eigenvalue weighted by atomic mass is 79.9. The van der Waals surface area contributed by atoms with Crippen LogP contribution in [-0.4, -0.2) is 9.78 Å². The average molecular weight is 316 g/mol. The Labute approximate surface area is 121 Å². The predicted octanol–water partition coefficient (Wildman–Crippen LogP) is 4.16. The molecular formula is C15H14BrN3. The summed E-state index contributed by atoms with van der Waals surface area (Å²) in [4.78, 5) is 0. The second kappa shape index (κ2) is 5.18. The van der Waals surface area contributed by atoms with Crippen molar-refractivity contribution in [2.45, 2.75) is 31.6 Å². The van der Waals surface area contributed by atoms with Crippen molar-refractivity contribution in [2.24, 2.45) is 0 Å². The predicted molar refractivity (Wildman–Crippen MR) is 77.2 cm³/mol. The first-order valence-corrected chi connectivity index (χ1v) is 7.33. The Hall–Kier alpha value is -1.60. The summed E-state index contributed by atoms with van der Waals surface area (Å²) in [7, 11) is 0. The number of aromatic nitrogens is 2. The van der Waals surface area contributed by atoms with E-state index < -0.39 is 0 Å². The Balaban J connectivity index is 2.00. The molecule has 3 rings (SSSR count). The zero-order valence-corrected chi connectivity index (χ0v) is 12.1. The van der Waals surface area contributed by atoms with Crippen molar-refractivity contribution in [1.29, 1.82) is 5.26 Å². The molecule has 3 nitrogen and oxygen atoms in total. The molecule has 4 heteroatoms. The molecule has 1 saturated carbocycles. The highest BCUT2D eigenvalue weighted by Gasteiger charge is 2.21. The normalized spacial score (nSPS) is 15.6. The lowest BCUT2D eigenvalue weighted by atomic mass is 10.0. The molecule has 0 bridgehead atoms. The van der Waals surface area contributed by atoms with E-state index in [0.29, 0.717) is 11.6 Å². The van der Waals surface area contributed by atoms with E-state index in [1.54, 1.807) is 4.68 Å². The largest absolute Gasteiger partial charge is 0.223 e. The lowest BCUT2D eigenvalue weighted by molar-refractivity contribution is 0.678. The van der Waals surface area contributed by atoms with Gasteiger partial charge < -0.3 is 0 Å². The van der Waals surface area contributed by atoms with Crippen LogP contribution in [0.4, 0.5) is 0 Å². The summed E-state index contributed by atoms with van der Waals surface area (Å²) in [5.74, 6) is 0.531. The van der Waals surface area contributed by atoms with Crippen molar-refractivity contribution in [1.82, 2.24) is 9.78 Å². The summed E-state index contributed by atoms with van der Waals surface area (Å²) in [6.07, 6.45) is 4.94. The van der Waals surface area contributed by atoms with Crippen LogP contribution in [0.5, 0.6) is 0 Å². The van der Waals surface area contributed by atoms with Gasteiger partial charge in [0.2, 0.25) is 0 Å². The summed E-state index contributed by atoms with van der Waals surface area (Å²) in [5.41, 5.74) is 2.62. The van der Waals surface area contributed by atoms with E-state index in [0.717, 1.165) is 15.9 Å². The Morgan fingerprint density at radius 3 is 2.53 bits per heavy atom. The van der Waals surface area contributed by atoms with Gasteiger partial charge in [0, 0.05) is 10.4 Å². The van der Waals surface area contributed by atoms with Gasteiger partial charge in [-0.25, -0.2) is 4.68 Å². The van der Waals surface area contributed by atoms with E-state index in [9.17, 15) is 5.26 Å². The second-order valence-electron chi connectivity index (χ2n) is 4.94. The molecule has 1 aliphatic rings. The first-order chi connectivity index (χ1) is 9.28. The van der Waals surface area contributed by atoms with E-state index >= 15 is 0 Å². The summed E-state index contributed by atoms with van der Waals surface area (Å²) >= 11 is 3.42. The van der Waals surface area contributed by atoms with E-state index in [2.05, 4.69) is 27.1 Å². The molecule has 1 aromatic heterocycles. The highest BCUT2D eigenvalue weighted by molar-refractivity contribution is 9.10. The van der Waals surface area contributed by atoms with Crippen molar-refractivity contribution in [3.05, 3.63) is 46.2 Å². The minimum absolute atomic E-state index is 0.531. The maximum atomic E-state index is 9.27. The molecule has 1 aliphatic carbocycles. The monoisotopic (exact) mass is 315 g/mol. The van der Waals surface area contributed by atoms with Gasteiger partial charge in [0.15, 0.2) is 0 Å². The van der Waals surface area contributed by atoms with E-state index in [-0.39, 0.29) is 0 Å². The maximum Gasteiger partial charge on any atom is 0.144 e. The van der Waals surface area contributed by atoms with Crippen LogP contribution in [0.25, 0.3) is 5.69 Å². The fourth-order valence-electron chi connectivity index (χ4n) is 2.68. The molecule has 0 atom stereocenters. The van der Waals surface area contributed by atoms with Crippen LogP contribution in [0, 0.1) is 11.3 Å². The van der Waals surface area contributed by atoms with Gasteiger partial charge in [-0.3, -0.25) is 0 Å². The van der Waals surface area contributed by atoms with Gasteiger partial charge in [-0.05, 0) is 43.2 Å². The molecular weight excluding hydrogens is 302 g/mol. The fourth-order valence-corrected chi connectivity index (χ4v) is 2.94. The quantitative estimate of drug-likeness (QED) is 0.834. The summed E-state index contributed by atoms with van der Waals surface area (Å²) < 4.78 is 2.78. The highest BCUT2D eigenvalue weighted by Crippen LogP contribution is 2.34. The zero-order chi connectivity index (χ0) is 13.2. The number of nitrogens with zero attached hydrogens (tertiary/aromatic N) is 3. The molecule has 19 heavy (non-hydrogen) atoms. The van der Waals surface area contributed by atoms with Crippen LogP contribution >= 0.6 is 15.9 Å². The van der Waals surface area contributed by atoms with Crippen LogP contribution in [-0.2, 0) is 0 Å². The first-order valence-electron chi connectivity index (χ1n) is 6.54. The molecule has 0 spiro atoms. The molecule has 0 N–H and O–H groups in total. The minimum Gasteiger partial charge on any atom is -0.223 e. The Morgan fingerprint density at radius 1 is 1.21 bits per heavy atom. The molecule has 1 aromatic carbocycles. The molecule has 0 aliphatic heterocycles. The van der Waals surface area contributed by atoms with Crippen molar-refractivity contribution in [2.75, 3.05) is 0 Å². The summed E-state index contributed by atoms with van der Waals surface area (Å²) in [5, 5.41) is 13.9. The van der Waals surface area contributed by atoms with Gasteiger partial charge in [0.1, 0.15) is 11.8 Å². The number of nitriles is 1. The Morgan fingerprint density at radius 2 is 1.89 bits per heavy atom. The minimum atomic E-state index is 0.531. The lowest BCUT2D eigenvalue weighted by Crippen LogP contribution is -2.01. The van der Waals surface area contributed by atoms with Gasteiger partial charge in [0.05, 0.1) is 11.4 Å². The zero-order valence-electron chi connectivity index (χ0n) is 10.5. The second-order valence-corrected chi connectivity index (χ2v) is 5.85. The third-order valence-corrected chi connectivity index (χ3v) is 4.22. The summed E-state index contributed by atoms with van der Waals surface area (Å²) in [6, 6.07) is 12.1. The first kappa shape index (κ1) is 12.4. The molecule has 0 unspecified atom stereocenters. The van der Waals surface area contributed by atoms with Crippen LogP contribution in [0.3, 0.4) is 0 Å². The topological polar surface area (TPSA) is 41.6 Å². The smallest absolute Gasteiger partial charge is 0.144 e. The van der Waals surface area contributed by atoms with Crippen LogP contribution in [0.15, 0.2) is 34.8 Å². The molecule has 2 aromatic rings. The lowest BCUT2D eigenvalue weighted by Gasteiger charge is -2.05. The van der Waals surface area contributed by atoms with E-state index in [4.69, 9.17) is 0 Å². The third kappa shape index (κ3) is 2.43. The van der Waals surface area contributed by atoms with Crippen LogP contribution in [0.1, 0.15) is 43.0 Å². The van der Waals surface area contributed by atoms with Gasteiger partial charge in [-0.15, -0.1) is 0 Å². The molecule has 1 fully saturated rings. The van der Waals surface area contributed by atoms with Crippen molar-refractivity contribution in [3.63, 3.8) is 0 Å². The van der Waals surface area contributed by atoms with Gasteiger partial charge in [0.25, 0.3) is 0 Å². The molecule has 1 heterocycles. The number of halogens is 1.